The van der Waals surface area contributed by atoms with Crippen molar-refractivity contribution in [2.45, 2.75) is 6.42 Å². The Bertz CT molecular complexity index is 1060. The smallest absolute Gasteiger partial charge is 0.253 e. The molecule has 0 aliphatic carbocycles. The van der Waals surface area contributed by atoms with E-state index in [4.69, 9.17) is 9.47 Å². The van der Waals surface area contributed by atoms with E-state index in [0.29, 0.717) is 23.2 Å². The normalized spacial score (nSPS) is 15.6. The second-order valence-corrected chi connectivity index (χ2v) is 8.26. The van der Waals surface area contributed by atoms with Crippen LogP contribution in [0.2, 0.25) is 0 Å². The highest BCUT2D eigenvalue weighted by Gasteiger charge is 2.16. The van der Waals surface area contributed by atoms with Crippen molar-refractivity contribution >= 4 is 28.3 Å². The van der Waals surface area contributed by atoms with E-state index in [-0.39, 0.29) is 18.4 Å². The Morgan fingerprint density at radius 1 is 1.35 bits per heavy atom. The van der Waals surface area contributed by atoms with E-state index in [9.17, 15) is 9.59 Å². The number of hydrogen-bond donors (Lipinski definition) is 2. The van der Waals surface area contributed by atoms with E-state index in [1.807, 2.05) is 36.7 Å². The number of amides is 2. The first-order valence-corrected chi connectivity index (χ1v) is 10.9. The highest BCUT2D eigenvalue weighted by atomic mass is 32.1. The van der Waals surface area contributed by atoms with Gasteiger partial charge in [0.1, 0.15) is 5.75 Å². The maximum atomic E-state index is 12.2. The number of carbonyl (C=O) groups is 2. The zero-order valence-electron chi connectivity index (χ0n) is 17.2. The number of hydrogen-bond acceptors (Lipinski definition) is 6. The molecule has 1 aromatic carbocycles. The highest BCUT2D eigenvalue weighted by molar-refractivity contribution is 7.14. The molecular weight excluding hydrogens is 416 g/mol. The Labute approximate surface area is 184 Å². The van der Waals surface area contributed by atoms with E-state index in [1.165, 1.54) is 11.3 Å². The van der Waals surface area contributed by atoms with Gasteiger partial charge in [0.2, 0.25) is 5.91 Å². The molecule has 2 aromatic heterocycles. The van der Waals surface area contributed by atoms with Gasteiger partial charge in [-0.15, -0.1) is 11.3 Å². The molecule has 0 saturated carbocycles. The third kappa shape index (κ3) is 5.71. The molecule has 31 heavy (non-hydrogen) atoms. The number of rotatable bonds is 8. The molecule has 1 fully saturated rings. The van der Waals surface area contributed by atoms with E-state index >= 15 is 0 Å². The number of anilines is 1. The van der Waals surface area contributed by atoms with Crippen LogP contribution in [0, 0.1) is 5.92 Å². The first-order chi connectivity index (χ1) is 15.1. The first-order valence-electron chi connectivity index (χ1n) is 10.0. The maximum Gasteiger partial charge on any atom is 0.253 e. The fourth-order valence-electron chi connectivity index (χ4n) is 3.20. The molecule has 9 heteroatoms. The standard InChI is InChI=1S/C22H24N4O4S/c1-26-7-5-17(11-26)21(28)23-10-20(27)25-22-24-19(14-31-22)16-3-2-4-18(9-16)30-13-15-6-8-29-12-15/h2-5,7,9,11,14-15H,6,8,10,12-13H2,1H3,(H,23,28)(H,24,25,27)/t15-/m0/s1. The summed E-state index contributed by atoms with van der Waals surface area (Å²) in [6.45, 7) is 2.06. The molecule has 1 atom stereocenters. The van der Waals surface area contributed by atoms with Crippen molar-refractivity contribution in [3.05, 3.63) is 53.7 Å². The molecule has 1 aliphatic heterocycles. The molecule has 8 nitrogen and oxygen atoms in total. The Morgan fingerprint density at radius 3 is 3.03 bits per heavy atom. The van der Waals surface area contributed by atoms with E-state index < -0.39 is 0 Å². The predicted octanol–water partition coefficient (Wildman–Crippen LogP) is 2.93. The van der Waals surface area contributed by atoms with Crippen molar-refractivity contribution in [1.82, 2.24) is 14.9 Å². The van der Waals surface area contributed by atoms with Crippen molar-refractivity contribution < 1.29 is 19.1 Å². The molecule has 162 valence electrons. The van der Waals surface area contributed by atoms with Gasteiger partial charge in [0.05, 0.1) is 31.0 Å². The summed E-state index contributed by atoms with van der Waals surface area (Å²) in [7, 11) is 1.83. The lowest BCUT2D eigenvalue weighted by molar-refractivity contribution is -0.115. The number of thiazole rings is 1. The van der Waals surface area contributed by atoms with Crippen LogP contribution in [0.5, 0.6) is 5.75 Å². The lowest BCUT2D eigenvalue weighted by atomic mass is 10.1. The molecule has 0 bridgehead atoms. The zero-order chi connectivity index (χ0) is 21.6. The number of ether oxygens (including phenoxy) is 2. The van der Waals surface area contributed by atoms with Gasteiger partial charge in [-0.1, -0.05) is 12.1 Å². The summed E-state index contributed by atoms with van der Waals surface area (Å²) in [5, 5.41) is 7.68. The van der Waals surface area contributed by atoms with Gasteiger partial charge in [0.15, 0.2) is 5.13 Å². The van der Waals surface area contributed by atoms with Crippen molar-refractivity contribution in [1.29, 1.82) is 0 Å². The van der Waals surface area contributed by atoms with Gasteiger partial charge in [0.25, 0.3) is 5.91 Å². The molecule has 1 aliphatic rings. The minimum atomic E-state index is -0.332. The molecule has 2 N–H and O–H groups in total. The van der Waals surface area contributed by atoms with E-state index in [0.717, 1.165) is 36.6 Å². The summed E-state index contributed by atoms with van der Waals surface area (Å²) in [5.41, 5.74) is 2.17. The second kappa shape index (κ2) is 9.76. The lowest BCUT2D eigenvalue weighted by Crippen LogP contribution is -2.32. The summed E-state index contributed by atoms with van der Waals surface area (Å²) in [6, 6.07) is 9.43. The summed E-state index contributed by atoms with van der Waals surface area (Å²) < 4.78 is 13.1. The Morgan fingerprint density at radius 2 is 2.26 bits per heavy atom. The van der Waals surface area contributed by atoms with Gasteiger partial charge in [-0.25, -0.2) is 4.98 Å². The van der Waals surface area contributed by atoms with Gasteiger partial charge in [0, 0.05) is 42.9 Å². The predicted molar refractivity (Wildman–Crippen MR) is 118 cm³/mol. The number of carbonyl (C=O) groups excluding carboxylic acids is 2. The number of aryl methyl sites for hydroxylation is 1. The van der Waals surface area contributed by atoms with Gasteiger partial charge >= 0.3 is 0 Å². The molecular formula is C22H24N4O4S. The first kappa shape index (κ1) is 21.1. The van der Waals surface area contributed by atoms with Crippen LogP contribution in [0.3, 0.4) is 0 Å². The Hall–Kier alpha value is -3.17. The van der Waals surface area contributed by atoms with Crippen LogP contribution in [0.1, 0.15) is 16.8 Å². The molecule has 3 heterocycles. The fourth-order valence-corrected chi connectivity index (χ4v) is 3.94. The van der Waals surface area contributed by atoms with Crippen LogP contribution in [0.4, 0.5) is 5.13 Å². The van der Waals surface area contributed by atoms with Crippen LogP contribution in [0.25, 0.3) is 11.3 Å². The highest BCUT2D eigenvalue weighted by Crippen LogP contribution is 2.28. The molecule has 0 spiro atoms. The summed E-state index contributed by atoms with van der Waals surface area (Å²) in [5.74, 6) is 0.594. The summed E-state index contributed by atoms with van der Waals surface area (Å²) in [6.07, 6.45) is 4.50. The molecule has 4 rings (SSSR count). The number of nitrogens with zero attached hydrogens (tertiary/aromatic N) is 2. The molecule has 1 saturated heterocycles. The van der Waals surface area contributed by atoms with Gasteiger partial charge in [-0.05, 0) is 24.6 Å². The zero-order valence-corrected chi connectivity index (χ0v) is 18.0. The van der Waals surface area contributed by atoms with Crippen molar-refractivity contribution in [2.24, 2.45) is 13.0 Å². The molecule has 2 amide bonds. The van der Waals surface area contributed by atoms with Crippen LogP contribution >= 0.6 is 11.3 Å². The maximum absolute atomic E-state index is 12.2. The van der Waals surface area contributed by atoms with Crippen LogP contribution in [-0.2, 0) is 16.6 Å². The topological polar surface area (TPSA) is 94.5 Å². The molecule has 0 unspecified atom stereocenters. The summed E-state index contributed by atoms with van der Waals surface area (Å²) >= 11 is 1.33. The van der Waals surface area contributed by atoms with Crippen LogP contribution < -0.4 is 15.4 Å². The Balaban J connectivity index is 1.30. The average Bonchev–Trinajstić information content (AvgIpc) is 3.53. The fraction of sp³-hybridized carbons (Fsp3) is 0.318. The van der Waals surface area contributed by atoms with Crippen molar-refractivity contribution in [3.8, 4) is 17.0 Å². The van der Waals surface area contributed by atoms with Gasteiger partial charge in [-0.2, -0.15) is 0 Å². The van der Waals surface area contributed by atoms with E-state index in [2.05, 4.69) is 15.6 Å². The molecule has 3 aromatic rings. The van der Waals surface area contributed by atoms with Gasteiger partial charge < -0.3 is 24.7 Å². The summed E-state index contributed by atoms with van der Waals surface area (Å²) in [4.78, 5) is 28.7. The minimum Gasteiger partial charge on any atom is -0.493 e. The number of benzene rings is 1. The SMILES string of the molecule is Cn1ccc(C(=O)NCC(=O)Nc2nc(-c3cccc(OC[C@H]4CCOC4)c3)cs2)c1. The average molecular weight is 441 g/mol. The third-order valence-electron chi connectivity index (χ3n) is 4.89. The van der Waals surface area contributed by atoms with E-state index in [1.54, 1.807) is 23.0 Å². The van der Waals surface area contributed by atoms with Crippen molar-refractivity contribution in [2.75, 3.05) is 31.7 Å². The third-order valence-corrected chi connectivity index (χ3v) is 5.65. The largest absolute Gasteiger partial charge is 0.493 e. The number of nitrogens with one attached hydrogen (secondary N) is 2. The van der Waals surface area contributed by atoms with Crippen LogP contribution in [0.15, 0.2) is 48.1 Å². The monoisotopic (exact) mass is 440 g/mol. The van der Waals surface area contributed by atoms with Crippen molar-refractivity contribution in [3.63, 3.8) is 0 Å². The second-order valence-electron chi connectivity index (χ2n) is 7.40. The Kier molecular flexibility index (Phi) is 6.63. The molecule has 0 radical (unpaired) electrons. The van der Waals surface area contributed by atoms with Crippen LogP contribution in [-0.4, -0.2) is 47.7 Å². The number of aromatic nitrogens is 2. The quantitative estimate of drug-likeness (QED) is 0.562. The minimum absolute atomic E-state index is 0.128. The lowest BCUT2D eigenvalue weighted by Gasteiger charge is -2.10. The van der Waals surface area contributed by atoms with Gasteiger partial charge in [-0.3, -0.25) is 9.59 Å².